The second-order valence-electron chi connectivity index (χ2n) is 5.25. The first kappa shape index (κ1) is 12.7. The average molecular weight is 246 g/mol. The fourth-order valence-corrected chi connectivity index (χ4v) is 1.46. The van der Waals surface area contributed by atoms with Crippen molar-refractivity contribution in [1.82, 2.24) is 20.4 Å². The summed E-state index contributed by atoms with van der Waals surface area (Å²) >= 11 is 0. The molecule has 0 amide bonds. The molecule has 0 bridgehead atoms. The summed E-state index contributed by atoms with van der Waals surface area (Å²) in [6.07, 6.45) is 4.20. The summed E-state index contributed by atoms with van der Waals surface area (Å²) in [5, 5.41) is 7.27. The van der Waals surface area contributed by atoms with Gasteiger partial charge in [0.2, 0.25) is 5.89 Å². The summed E-state index contributed by atoms with van der Waals surface area (Å²) in [5.41, 5.74) is 1.12. The molecule has 0 radical (unpaired) electrons. The minimum Gasteiger partial charge on any atom is -0.338 e. The first-order valence-corrected chi connectivity index (χ1v) is 5.98. The fraction of sp³-hybridized carbons (Fsp3) is 0.462. The van der Waals surface area contributed by atoms with Crippen molar-refractivity contribution >= 4 is 0 Å². The van der Waals surface area contributed by atoms with Crippen molar-refractivity contribution in [2.75, 3.05) is 0 Å². The molecule has 5 nitrogen and oxygen atoms in total. The van der Waals surface area contributed by atoms with Crippen molar-refractivity contribution in [2.45, 2.75) is 39.3 Å². The lowest BCUT2D eigenvalue weighted by Crippen LogP contribution is -2.35. The zero-order valence-electron chi connectivity index (χ0n) is 11.0. The first-order chi connectivity index (χ1) is 8.53. The largest absolute Gasteiger partial charge is 0.338 e. The Kier molecular flexibility index (Phi) is 3.72. The highest BCUT2D eigenvalue weighted by molar-refractivity contribution is 5.13. The van der Waals surface area contributed by atoms with E-state index < -0.39 is 0 Å². The number of nitrogens with one attached hydrogen (secondary N) is 1. The van der Waals surface area contributed by atoms with E-state index in [1.165, 1.54) is 0 Å². The van der Waals surface area contributed by atoms with Gasteiger partial charge in [0.1, 0.15) is 0 Å². The Hall–Kier alpha value is -1.75. The van der Waals surface area contributed by atoms with E-state index in [0.29, 0.717) is 24.7 Å². The molecule has 2 heterocycles. The molecule has 0 aliphatic carbocycles. The first-order valence-electron chi connectivity index (χ1n) is 5.98. The van der Waals surface area contributed by atoms with Crippen LogP contribution in [0.15, 0.2) is 29.0 Å². The van der Waals surface area contributed by atoms with E-state index in [9.17, 15) is 0 Å². The maximum Gasteiger partial charge on any atom is 0.240 e. The number of pyridine rings is 1. The van der Waals surface area contributed by atoms with Crippen LogP contribution in [-0.2, 0) is 13.0 Å². The van der Waals surface area contributed by atoms with Gasteiger partial charge in [0.05, 0.1) is 6.54 Å². The normalized spacial score (nSPS) is 11.7. The van der Waals surface area contributed by atoms with Crippen LogP contribution in [0.5, 0.6) is 0 Å². The van der Waals surface area contributed by atoms with Crippen LogP contribution in [0, 0.1) is 0 Å². The molecule has 2 rings (SSSR count). The van der Waals surface area contributed by atoms with Gasteiger partial charge in [-0.05, 0) is 32.4 Å². The molecule has 2 aromatic rings. The van der Waals surface area contributed by atoms with Crippen molar-refractivity contribution < 1.29 is 4.52 Å². The molecule has 0 aliphatic rings. The van der Waals surface area contributed by atoms with Gasteiger partial charge in [-0.2, -0.15) is 4.98 Å². The second-order valence-corrected chi connectivity index (χ2v) is 5.25. The van der Waals surface area contributed by atoms with Crippen LogP contribution in [0.2, 0.25) is 0 Å². The Balaban J connectivity index is 1.94. The molecule has 1 N–H and O–H groups in total. The quantitative estimate of drug-likeness (QED) is 0.893. The Labute approximate surface area is 107 Å². The van der Waals surface area contributed by atoms with Crippen LogP contribution in [-0.4, -0.2) is 20.7 Å². The Morgan fingerprint density at radius 2 is 2.17 bits per heavy atom. The molecule has 0 atom stereocenters. The molecule has 0 spiro atoms. The number of hydrogen-bond acceptors (Lipinski definition) is 5. The Morgan fingerprint density at radius 1 is 1.33 bits per heavy atom. The molecule has 96 valence electrons. The topological polar surface area (TPSA) is 63.8 Å². The van der Waals surface area contributed by atoms with Gasteiger partial charge in [0.15, 0.2) is 5.82 Å². The predicted molar refractivity (Wildman–Crippen MR) is 67.9 cm³/mol. The summed E-state index contributed by atoms with van der Waals surface area (Å²) in [6, 6.07) is 3.90. The Bertz CT molecular complexity index is 487. The van der Waals surface area contributed by atoms with Gasteiger partial charge in [0.25, 0.3) is 0 Å². The van der Waals surface area contributed by atoms with Crippen molar-refractivity contribution in [3.05, 3.63) is 41.8 Å². The van der Waals surface area contributed by atoms with Crippen LogP contribution in [0.25, 0.3) is 0 Å². The molecule has 0 aliphatic heterocycles. The van der Waals surface area contributed by atoms with Gasteiger partial charge in [-0.15, -0.1) is 0 Å². The van der Waals surface area contributed by atoms with Crippen molar-refractivity contribution in [2.24, 2.45) is 0 Å². The minimum atomic E-state index is 0.0397. The SMILES string of the molecule is CC(C)(C)NCc1nc(Cc2cccnc2)no1. The Morgan fingerprint density at radius 3 is 2.83 bits per heavy atom. The number of aromatic nitrogens is 3. The van der Waals surface area contributed by atoms with Crippen LogP contribution in [0.4, 0.5) is 0 Å². The van der Waals surface area contributed by atoms with Crippen molar-refractivity contribution in [3.8, 4) is 0 Å². The molecular formula is C13H18N4O. The van der Waals surface area contributed by atoms with Crippen LogP contribution in [0.1, 0.15) is 38.0 Å². The van der Waals surface area contributed by atoms with E-state index in [-0.39, 0.29) is 5.54 Å². The number of rotatable bonds is 4. The van der Waals surface area contributed by atoms with Crippen LogP contribution in [0.3, 0.4) is 0 Å². The summed E-state index contributed by atoms with van der Waals surface area (Å²) in [5.74, 6) is 1.30. The maximum atomic E-state index is 5.19. The minimum absolute atomic E-state index is 0.0397. The van der Waals surface area contributed by atoms with Gasteiger partial charge in [0, 0.05) is 24.4 Å². The highest BCUT2D eigenvalue weighted by atomic mass is 16.5. The van der Waals surface area contributed by atoms with Gasteiger partial charge in [-0.25, -0.2) is 0 Å². The lowest BCUT2D eigenvalue weighted by Gasteiger charge is -2.18. The average Bonchev–Trinajstić information content (AvgIpc) is 2.75. The van der Waals surface area contributed by atoms with Crippen molar-refractivity contribution in [3.63, 3.8) is 0 Å². The zero-order chi connectivity index (χ0) is 13.0. The standard InChI is InChI=1S/C13H18N4O/c1-13(2,3)15-9-12-16-11(17-18-12)7-10-5-4-6-14-8-10/h4-6,8,15H,7,9H2,1-3H3. The molecule has 5 heteroatoms. The lowest BCUT2D eigenvalue weighted by molar-refractivity contribution is 0.334. The monoisotopic (exact) mass is 246 g/mol. The van der Waals surface area contributed by atoms with Gasteiger partial charge in [-0.3, -0.25) is 4.98 Å². The van der Waals surface area contributed by atoms with Gasteiger partial charge in [-0.1, -0.05) is 11.2 Å². The van der Waals surface area contributed by atoms with E-state index in [1.54, 1.807) is 6.20 Å². The molecule has 0 saturated carbocycles. The third-order valence-electron chi connectivity index (χ3n) is 2.37. The van der Waals surface area contributed by atoms with Crippen molar-refractivity contribution in [1.29, 1.82) is 0 Å². The maximum absolute atomic E-state index is 5.19. The second kappa shape index (κ2) is 5.27. The number of nitrogens with zero attached hydrogens (tertiary/aromatic N) is 3. The summed E-state index contributed by atoms with van der Waals surface area (Å²) < 4.78 is 5.19. The molecule has 2 aromatic heterocycles. The third-order valence-corrected chi connectivity index (χ3v) is 2.37. The smallest absolute Gasteiger partial charge is 0.240 e. The molecule has 0 fully saturated rings. The van der Waals surface area contributed by atoms with E-state index >= 15 is 0 Å². The van der Waals surface area contributed by atoms with Gasteiger partial charge < -0.3 is 9.84 Å². The molecule has 0 aromatic carbocycles. The molecule has 0 saturated heterocycles. The van der Waals surface area contributed by atoms with E-state index in [2.05, 4.69) is 41.2 Å². The molecule has 0 unspecified atom stereocenters. The zero-order valence-corrected chi connectivity index (χ0v) is 11.0. The fourth-order valence-electron chi connectivity index (χ4n) is 1.46. The molecule has 18 heavy (non-hydrogen) atoms. The van der Waals surface area contributed by atoms with Crippen LogP contribution < -0.4 is 5.32 Å². The number of hydrogen-bond donors (Lipinski definition) is 1. The highest BCUT2D eigenvalue weighted by Gasteiger charge is 2.12. The van der Waals surface area contributed by atoms with Crippen LogP contribution >= 0.6 is 0 Å². The summed E-state index contributed by atoms with van der Waals surface area (Å²) in [7, 11) is 0. The van der Waals surface area contributed by atoms with E-state index in [0.717, 1.165) is 5.56 Å². The van der Waals surface area contributed by atoms with E-state index in [1.807, 2.05) is 18.3 Å². The predicted octanol–water partition coefficient (Wildman–Crippen LogP) is 1.94. The highest BCUT2D eigenvalue weighted by Crippen LogP contribution is 2.06. The van der Waals surface area contributed by atoms with E-state index in [4.69, 9.17) is 4.52 Å². The third kappa shape index (κ3) is 3.92. The lowest BCUT2D eigenvalue weighted by atomic mass is 10.1. The molecular weight excluding hydrogens is 228 g/mol. The summed E-state index contributed by atoms with van der Waals surface area (Å²) in [6.45, 7) is 6.88. The van der Waals surface area contributed by atoms with Gasteiger partial charge >= 0.3 is 0 Å². The summed E-state index contributed by atoms with van der Waals surface area (Å²) in [4.78, 5) is 8.40.